The minimum absolute atomic E-state index is 0.522. The summed E-state index contributed by atoms with van der Waals surface area (Å²) in [5, 5.41) is 11.9. The molecule has 1 aliphatic heterocycles. The molecule has 102 valence electrons. The lowest BCUT2D eigenvalue weighted by Crippen LogP contribution is -2.37. The average molecular weight is 258 g/mol. The highest BCUT2D eigenvalue weighted by atomic mass is 15.1. The van der Waals surface area contributed by atoms with E-state index >= 15 is 0 Å². The zero-order valence-corrected chi connectivity index (χ0v) is 11.7. The first-order valence-electron chi connectivity index (χ1n) is 7.10. The second kappa shape index (κ2) is 5.21. The lowest BCUT2D eigenvalue weighted by atomic mass is 9.90. The number of hydrogen-bond acceptors (Lipinski definition) is 3. The predicted octanol–water partition coefficient (Wildman–Crippen LogP) is 2.71. The average Bonchev–Trinajstić information content (AvgIpc) is 2.87. The van der Waals surface area contributed by atoms with E-state index in [1.54, 1.807) is 0 Å². The van der Waals surface area contributed by atoms with Gasteiger partial charge in [-0.25, -0.2) is 0 Å². The van der Waals surface area contributed by atoms with Gasteiger partial charge in [0.25, 0.3) is 0 Å². The Bertz CT molecular complexity index is 540. The first-order valence-corrected chi connectivity index (χ1v) is 7.10. The molecule has 0 spiro atoms. The third kappa shape index (κ3) is 2.73. The molecule has 4 heteroatoms. The van der Waals surface area contributed by atoms with Crippen molar-refractivity contribution in [3.63, 3.8) is 0 Å². The summed E-state index contributed by atoms with van der Waals surface area (Å²) in [5.74, 6) is 0.772. The molecule has 1 unspecified atom stereocenters. The van der Waals surface area contributed by atoms with Crippen LogP contribution in [-0.4, -0.2) is 41.3 Å². The van der Waals surface area contributed by atoms with E-state index < -0.39 is 0 Å². The molecule has 1 atom stereocenters. The molecular formula is C15H22N4. The van der Waals surface area contributed by atoms with Gasteiger partial charge in [-0.2, -0.15) is 5.10 Å². The van der Waals surface area contributed by atoms with Gasteiger partial charge in [0, 0.05) is 17.1 Å². The van der Waals surface area contributed by atoms with Gasteiger partial charge in [0.05, 0.1) is 11.7 Å². The van der Waals surface area contributed by atoms with E-state index in [1.165, 1.54) is 31.6 Å². The van der Waals surface area contributed by atoms with Crippen molar-refractivity contribution in [1.29, 1.82) is 0 Å². The standard InChI is InChI=1S/C15H22N4/c1-11(12-5-7-19(2)8-6-12)17-14-4-3-13-10-16-18-15(13)9-14/h3-4,9-12,17H,5-8H2,1-2H3,(H,16,18). The molecule has 0 bridgehead atoms. The maximum Gasteiger partial charge on any atom is 0.0670 e. The maximum absolute atomic E-state index is 4.06. The minimum atomic E-state index is 0.522. The number of piperidine rings is 1. The van der Waals surface area contributed by atoms with Crippen molar-refractivity contribution in [3.05, 3.63) is 24.4 Å². The number of aromatic amines is 1. The minimum Gasteiger partial charge on any atom is -0.382 e. The van der Waals surface area contributed by atoms with Gasteiger partial charge < -0.3 is 10.2 Å². The Balaban J connectivity index is 1.66. The van der Waals surface area contributed by atoms with Crippen LogP contribution in [-0.2, 0) is 0 Å². The Morgan fingerprint density at radius 3 is 2.95 bits per heavy atom. The highest BCUT2D eigenvalue weighted by Crippen LogP contribution is 2.24. The molecule has 1 aromatic carbocycles. The van der Waals surface area contributed by atoms with Gasteiger partial charge in [0.1, 0.15) is 0 Å². The molecule has 2 aromatic rings. The van der Waals surface area contributed by atoms with Crippen LogP contribution in [0, 0.1) is 5.92 Å². The van der Waals surface area contributed by atoms with Crippen LogP contribution >= 0.6 is 0 Å². The lowest BCUT2D eigenvalue weighted by molar-refractivity contribution is 0.208. The van der Waals surface area contributed by atoms with Crippen LogP contribution in [0.4, 0.5) is 5.69 Å². The quantitative estimate of drug-likeness (QED) is 0.889. The van der Waals surface area contributed by atoms with E-state index in [2.05, 4.69) is 52.6 Å². The molecule has 1 saturated heterocycles. The van der Waals surface area contributed by atoms with Crippen LogP contribution in [0.2, 0.25) is 0 Å². The second-order valence-electron chi connectivity index (χ2n) is 5.75. The number of likely N-dealkylation sites (tertiary alicyclic amines) is 1. The molecule has 0 saturated carbocycles. The monoisotopic (exact) mass is 258 g/mol. The summed E-state index contributed by atoms with van der Waals surface area (Å²) >= 11 is 0. The smallest absolute Gasteiger partial charge is 0.0670 e. The molecule has 19 heavy (non-hydrogen) atoms. The van der Waals surface area contributed by atoms with Crippen molar-refractivity contribution in [2.24, 2.45) is 5.92 Å². The van der Waals surface area contributed by atoms with Crippen molar-refractivity contribution in [1.82, 2.24) is 15.1 Å². The molecule has 1 fully saturated rings. The van der Waals surface area contributed by atoms with Crippen molar-refractivity contribution in [2.45, 2.75) is 25.8 Å². The fraction of sp³-hybridized carbons (Fsp3) is 0.533. The van der Waals surface area contributed by atoms with E-state index in [1.807, 2.05) is 6.20 Å². The van der Waals surface area contributed by atoms with Crippen molar-refractivity contribution in [3.8, 4) is 0 Å². The number of H-pyrrole nitrogens is 1. The Morgan fingerprint density at radius 2 is 2.16 bits per heavy atom. The van der Waals surface area contributed by atoms with Gasteiger partial charge in [-0.1, -0.05) is 0 Å². The van der Waals surface area contributed by atoms with Gasteiger partial charge in [-0.3, -0.25) is 5.10 Å². The fourth-order valence-corrected chi connectivity index (χ4v) is 2.94. The van der Waals surface area contributed by atoms with Crippen molar-refractivity contribution in [2.75, 3.05) is 25.5 Å². The van der Waals surface area contributed by atoms with E-state index in [9.17, 15) is 0 Å². The third-order valence-electron chi connectivity index (χ3n) is 4.31. The summed E-state index contributed by atoms with van der Waals surface area (Å²) in [6, 6.07) is 6.92. The molecule has 2 heterocycles. The van der Waals surface area contributed by atoms with Crippen LogP contribution in [0.25, 0.3) is 10.9 Å². The van der Waals surface area contributed by atoms with Gasteiger partial charge >= 0.3 is 0 Å². The highest BCUT2D eigenvalue weighted by Gasteiger charge is 2.22. The number of anilines is 1. The van der Waals surface area contributed by atoms with Crippen molar-refractivity contribution < 1.29 is 0 Å². The zero-order chi connectivity index (χ0) is 13.2. The van der Waals surface area contributed by atoms with E-state index in [-0.39, 0.29) is 0 Å². The number of nitrogens with one attached hydrogen (secondary N) is 2. The predicted molar refractivity (Wildman–Crippen MR) is 79.4 cm³/mol. The summed E-state index contributed by atoms with van der Waals surface area (Å²) in [5.41, 5.74) is 2.28. The van der Waals surface area contributed by atoms with Gasteiger partial charge in [-0.15, -0.1) is 0 Å². The number of nitrogens with zero attached hydrogens (tertiary/aromatic N) is 2. The second-order valence-corrected chi connectivity index (χ2v) is 5.75. The fourth-order valence-electron chi connectivity index (χ4n) is 2.94. The summed E-state index contributed by atoms with van der Waals surface area (Å²) < 4.78 is 0. The Morgan fingerprint density at radius 1 is 1.37 bits per heavy atom. The molecule has 0 radical (unpaired) electrons. The number of rotatable bonds is 3. The van der Waals surface area contributed by atoms with Gasteiger partial charge in [0.15, 0.2) is 0 Å². The van der Waals surface area contributed by atoms with Gasteiger partial charge in [-0.05, 0) is 64.0 Å². The molecule has 0 aliphatic carbocycles. The zero-order valence-electron chi connectivity index (χ0n) is 11.7. The maximum atomic E-state index is 4.06. The van der Waals surface area contributed by atoms with Crippen LogP contribution in [0.5, 0.6) is 0 Å². The van der Waals surface area contributed by atoms with Gasteiger partial charge in [0.2, 0.25) is 0 Å². The highest BCUT2D eigenvalue weighted by molar-refractivity contribution is 5.81. The number of hydrogen-bond donors (Lipinski definition) is 2. The molecule has 3 rings (SSSR count). The third-order valence-corrected chi connectivity index (χ3v) is 4.31. The normalized spacial score (nSPS) is 19.7. The molecule has 0 amide bonds. The van der Waals surface area contributed by atoms with Crippen LogP contribution in [0.15, 0.2) is 24.4 Å². The summed E-state index contributed by atoms with van der Waals surface area (Å²) in [7, 11) is 2.21. The van der Waals surface area contributed by atoms with Crippen LogP contribution in [0.3, 0.4) is 0 Å². The first kappa shape index (κ1) is 12.5. The van der Waals surface area contributed by atoms with E-state index in [4.69, 9.17) is 0 Å². The molecule has 1 aliphatic rings. The largest absolute Gasteiger partial charge is 0.382 e. The summed E-state index contributed by atoms with van der Waals surface area (Å²) in [6.07, 6.45) is 4.44. The molecule has 2 N–H and O–H groups in total. The number of aromatic nitrogens is 2. The Hall–Kier alpha value is -1.55. The lowest BCUT2D eigenvalue weighted by Gasteiger charge is -2.33. The van der Waals surface area contributed by atoms with Crippen LogP contribution in [0.1, 0.15) is 19.8 Å². The van der Waals surface area contributed by atoms with Crippen LogP contribution < -0.4 is 5.32 Å². The molecular weight excluding hydrogens is 236 g/mol. The molecule has 4 nitrogen and oxygen atoms in total. The van der Waals surface area contributed by atoms with E-state index in [0.717, 1.165) is 16.8 Å². The Labute approximate surface area is 114 Å². The van der Waals surface area contributed by atoms with E-state index in [0.29, 0.717) is 6.04 Å². The van der Waals surface area contributed by atoms with Crippen molar-refractivity contribution >= 4 is 16.6 Å². The Kier molecular flexibility index (Phi) is 3.42. The summed E-state index contributed by atoms with van der Waals surface area (Å²) in [6.45, 7) is 4.74. The molecule has 1 aromatic heterocycles. The number of fused-ring (bicyclic) bond motifs is 1. The summed E-state index contributed by atoms with van der Waals surface area (Å²) in [4.78, 5) is 2.42. The first-order chi connectivity index (χ1) is 9.22. The topological polar surface area (TPSA) is 44.0 Å². The SMILES string of the molecule is CC(Nc1ccc2cn[nH]c2c1)C1CCN(C)CC1. The number of benzene rings is 1.